The maximum absolute atomic E-state index is 10.7. The molecule has 4 heteroatoms. The second-order valence-electron chi connectivity index (χ2n) is 5.46. The fourth-order valence-electron chi connectivity index (χ4n) is 2.21. The van der Waals surface area contributed by atoms with Crippen LogP contribution < -0.4 is 4.74 Å². The van der Waals surface area contributed by atoms with E-state index in [9.17, 15) is 4.79 Å². The van der Waals surface area contributed by atoms with Gasteiger partial charge in [-0.1, -0.05) is 19.1 Å². The predicted molar refractivity (Wildman–Crippen MR) is 84.9 cm³/mol. The molecule has 1 rings (SSSR count). The van der Waals surface area contributed by atoms with Crippen LogP contribution in [0.4, 0.5) is 0 Å². The molecule has 1 atom stereocenters. The summed E-state index contributed by atoms with van der Waals surface area (Å²) >= 11 is 0. The van der Waals surface area contributed by atoms with Gasteiger partial charge in [0.2, 0.25) is 0 Å². The normalized spacial score (nSPS) is 12.4. The van der Waals surface area contributed by atoms with E-state index in [1.54, 1.807) is 0 Å². The first kappa shape index (κ1) is 17.5. The van der Waals surface area contributed by atoms with Gasteiger partial charge < -0.3 is 9.84 Å². The van der Waals surface area contributed by atoms with Crippen LogP contribution in [0.1, 0.15) is 38.7 Å². The number of aryl methyl sites for hydroxylation is 1. The van der Waals surface area contributed by atoms with Crippen molar-refractivity contribution in [1.82, 2.24) is 4.90 Å². The van der Waals surface area contributed by atoms with Gasteiger partial charge in [-0.15, -0.1) is 0 Å². The van der Waals surface area contributed by atoms with Crippen LogP contribution in [-0.4, -0.2) is 41.7 Å². The van der Waals surface area contributed by atoms with Gasteiger partial charge >= 0.3 is 5.97 Å². The van der Waals surface area contributed by atoms with Crippen LogP contribution in [0.25, 0.3) is 0 Å². The molecule has 1 unspecified atom stereocenters. The number of rotatable bonds is 10. The third-order valence-electron chi connectivity index (χ3n) is 3.67. The average Bonchev–Trinajstić information content (AvgIpc) is 2.45. The van der Waals surface area contributed by atoms with Crippen molar-refractivity contribution in [2.45, 2.75) is 46.1 Å². The van der Waals surface area contributed by atoms with Crippen molar-refractivity contribution >= 4 is 5.97 Å². The second kappa shape index (κ2) is 9.40. The lowest BCUT2D eigenvalue weighted by atomic mass is 10.2. The molecule has 0 spiro atoms. The van der Waals surface area contributed by atoms with Crippen molar-refractivity contribution in [3.8, 4) is 5.75 Å². The largest absolute Gasteiger partial charge is 0.494 e. The smallest absolute Gasteiger partial charge is 0.304 e. The summed E-state index contributed by atoms with van der Waals surface area (Å²) in [5, 5.41) is 8.81. The standard InChI is InChI=1S/C17H27NO3/c1-4-15(3)18(11-9-17(19)20)10-6-12-21-16-8-5-7-14(2)13-16/h5,7-8,13,15H,4,6,9-12H2,1-3H3,(H,19,20). The van der Waals surface area contributed by atoms with Gasteiger partial charge in [0.25, 0.3) is 0 Å². The quantitative estimate of drug-likeness (QED) is 0.672. The maximum Gasteiger partial charge on any atom is 0.304 e. The zero-order chi connectivity index (χ0) is 15.7. The molecular weight excluding hydrogens is 266 g/mol. The first-order chi connectivity index (χ1) is 10.0. The summed E-state index contributed by atoms with van der Waals surface area (Å²) in [7, 11) is 0. The van der Waals surface area contributed by atoms with Crippen LogP contribution in [0.15, 0.2) is 24.3 Å². The molecule has 21 heavy (non-hydrogen) atoms. The van der Waals surface area contributed by atoms with Gasteiger partial charge in [-0.05, 0) is 44.4 Å². The first-order valence-electron chi connectivity index (χ1n) is 7.68. The lowest BCUT2D eigenvalue weighted by Gasteiger charge is -2.27. The van der Waals surface area contributed by atoms with Crippen LogP contribution in [0.3, 0.4) is 0 Å². The average molecular weight is 293 g/mol. The molecule has 4 nitrogen and oxygen atoms in total. The number of carbonyl (C=O) groups is 1. The van der Waals surface area contributed by atoms with Gasteiger partial charge in [0, 0.05) is 19.1 Å². The summed E-state index contributed by atoms with van der Waals surface area (Å²) in [6.07, 6.45) is 2.12. The van der Waals surface area contributed by atoms with Crippen molar-refractivity contribution in [3.05, 3.63) is 29.8 Å². The SMILES string of the molecule is CCC(C)N(CCCOc1cccc(C)c1)CCC(=O)O. The Balaban J connectivity index is 2.33. The minimum absolute atomic E-state index is 0.197. The minimum Gasteiger partial charge on any atom is -0.494 e. The van der Waals surface area contributed by atoms with Crippen molar-refractivity contribution in [2.24, 2.45) is 0 Å². The Morgan fingerprint density at radius 3 is 2.76 bits per heavy atom. The highest BCUT2D eigenvalue weighted by Gasteiger charge is 2.13. The van der Waals surface area contributed by atoms with Crippen LogP contribution in [0.5, 0.6) is 5.75 Å². The van der Waals surface area contributed by atoms with E-state index in [2.05, 4.69) is 18.7 Å². The number of benzene rings is 1. The van der Waals surface area contributed by atoms with Crippen molar-refractivity contribution in [2.75, 3.05) is 19.7 Å². The van der Waals surface area contributed by atoms with E-state index in [0.29, 0.717) is 19.2 Å². The second-order valence-corrected chi connectivity index (χ2v) is 5.46. The van der Waals surface area contributed by atoms with Gasteiger partial charge in [-0.25, -0.2) is 0 Å². The number of hydrogen-bond acceptors (Lipinski definition) is 3. The molecule has 118 valence electrons. The van der Waals surface area contributed by atoms with Gasteiger partial charge in [-0.2, -0.15) is 0 Å². The number of aliphatic carboxylic acids is 1. The molecule has 1 aromatic carbocycles. The van der Waals surface area contributed by atoms with E-state index in [1.165, 1.54) is 5.56 Å². The van der Waals surface area contributed by atoms with Gasteiger partial charge in [0.1, 0.15) is 5.75 Å². The lowest BCUT2D eigenvalue weighted by molar-refractivity contribution is -0.137. The molecule has 0 aliphatic rings. The molecule has 0 amide bonds. The Morgan fingerprint density at radius 1 is 1.38 bits per heavy atom. The highest BCUT2D eigenvalue weighted by Crippen LogP contribution is 2.13. The molecule has 1 aromatic rings. The molecule has 0 aliphatic carbocycles. The summed E-state index contributed by atoms with van der Waals surface area (Å²) in [4.78, 5) is 12.9. The van der Waals surface area contributed by atoms with Gasteiger partial charge in [-0.3, -0.25) is 9.69 Å². The third-order valence-corrected chi connectivity index (χ3v) is 3.67. The number of nitrogens with zero attached hydrogens (tertiary/aromatic N) is 1. The van der Waals surface area contributed by atoms with Gasteiger partial charge in [0.05, 0.1) is 13.0 Å². The molecule has 0 aliphatic heterocycles. The fraction of sp³-hybridized carbons (Fsp3) is 0.588. The minimum atomic E-state index is -0.737. The number of carboxylic acids is 1. The Bertz CT molecular complexity index is 434. The maximum atomic E-state index is 10.7. The molecule has 0 saturated heterocycles. The van der Waals surface area contributed by atoms with E-state index in [4.69, 9.17) is 9.84 Å². The first-order valence-corrected chi connectivity index (χ1v) is 7.68. The van der Waals surface area contributed by atoms with E-state index >= 15 is 0 Å². The van der Waals surface area contributed by atoms with Crippen molar-refractivity contribution in [1.29, 1.82) is 0 Å². The van der Waals surface area contributed by atoms with E-state index in [1.807, 2.05) is 31.2 Å². The molecule has 0 bridgehead atoms. The Hall–Kier alpha value is -1.55. The highest BCUT2D eigenvalue weighted by atomic mass is 16.5. The summed E-state index contributed by atoms with van der Waals surface area (Å²) in [6.45, 7) is 8.45. The molecular formula is C17H27NO3. The van der Waals surface area contributed by atoms with Crippen molar-refractivity contribution in [3.63, 3.8) is 0 Å². The molecule has 0 radical (unpaired) electrons. The van der Waals surface area contributed by atoms with E-state index < -0.39 is 5.97 Å². The van der Waals surface area contributed by atoms with Crippen LogP contribution in [0, 0.1) is 6.92 Å². The predicted octanol–water partition coefficient (Wildman–Crippen LogP) is 3.34. The van der Waals surface area contributed by atoms with Crippen LogP contribution in [-0.2, 0) is 4.79 Å². The number of carboxylic acid groups (broad SMARTS) is 1. The zero-order valence-corrected chi connectivity index (χ0v) is 13.3. The number of hydrogen-bond donors (Lipinski definition) is 1. The number of ether oxygens (including phenoxy) is 1. The summed E-state index contributed by atoms with van der Waals surface area (Å²) in [6, 6.07) is 8.43. The molecule has 0 fully saturated rings. The summed E-state index contributed by atoms with van der Waals surface area (Å²) < 4.78 is 5.73. The van der Waals surface area contributed by atoms with E-state index in [-0.39, 0.29) is 6.42 Å². The molecule has 0 saturated carbocycles. The highest BCUT2D eigenvalue weighted by molar-refractivity contribution is 5.66. The van der Waals surface area contributed by atoms with Crippen molar-refractivity contribution < 1.29 is 14.6 Å². The zero-order valence-electron chi connectivity index (χ0n) is 13.3. The Labute approximate surface area is 127 Å². The van der Waals surface area contributed by atoms with Crippen LogP contribution in [0.2, 0.25) is 0 Å². The van der Waals surface area contributed by atoms with Gasteiger partial charge in [0.15, 0.2) is 0 Å². The Morgan fingerprint density at radius 2 is 2.14 bits per heavy atom. The molecule has 0 aromatic heterocycles. The fourth-order valence-corrected chi connectivity index (χ4v) is 2.21. The molecule has 0 heterocycles. The Kier molecular flexibility index (Phi) is 7.83. The third kappa shape index (κ3) is 7.14. The topological polar surface area (TPSA) is 49.8 Å². The summed E-state index contributed by atoms with van der Waals surface area (Å²) in [5.41, 5.74) is 1.19. The molecule has 1 N–H and O–H groups in total. The van der Waals surface area contributed by atoms with Crippen LogP contribution >= 0.6 is 0 Å². The monoisotopic (exact) mass is 293 g/mol. The summed E-state index contributed by atoms with van der Waals surface area (Å²) in [5.74, 6) is 0.162. The van der Waals surface area contributed by atoms with E-state index in [0.717, 1.165) is 25.1 Å². The lowest BCUT2D eigenvalue weighted by Crippen LogP contribution is -2.35.